The van der Waals surface area contributed by atoms with Crippen molar-refractivity contribution in [1.29, 1.82) is 0 Å². The number of rotatable bonds is 32. The molecule has 4 rings (SSSR count). The minimum Gasteiger partial charge on any atom is -0.494 e. The highest BCUT2D eigenvalue weighted by atomic mass is 32.3. The van der Waals surface area contributed by atoms with Gasteiger partial charge in [0.05, 0.1) is 18.8 Å². The van der Waals surface area contributed by atoms with Crippen molar-refractivity contribution >= 4 is 26.9 Å². The van der Waals surface area contributed by atoms with Gasteiger partial charge in [-0.25, -0.2) is 13.2 Å². The predicted octanol–water partition coefficient (Wildman–Crippen LogP) is 12.6. The second kappa shape index (κ2) is 29.0. The quantitative estimate of drug-likeness (QED) is 0.0202. The maximum absolute atomic E-state index is 12.6. The molecule has 0 atom stereocenters. The van der Waals surface area contributed by atoms with Crippen molar-refractivity contribution < 1.29 is 45.3 Å². The summed E-state index contributed by atoms with van der Waals surface area (Å²) in [5.41, 5.74) is 3.97. The number of nitrogens with zero attached hydrogens (tertiary/aromatic N) is 1. The first-order valence-corrected chi connectivity index (χ1v) is 24.5. The summed E-state index contributed by atoms with van der Waals surface area (Å²) in [5.74, 6) is 0.202. The van der Waals surface area contributed by atoms with E-state index >= 15 is 0 Å². The first-order valence-electron chi connectivity index (χ1n) is 21.8. The van der Waals surface area contributed by atoms with Gasteiger partial charge in [0, 0.05) is 0 Å². The van der Waals surface area contributed by atoms with Crippen molar-refractivity contribution in [2.45, 2.75) is 117 Å². The minimum atomic E-state index is -4.43. The fourth-order valence-corrected chi connectivity index (χ4v) is 7.94. The Morgan fingerprint density at radius 2 is 0.885 bits per heavy atom. The Kier molecular flexibility index (Phi) is 23.4. The SMILES string of the molecule is CCCCCCCCCCOc1ccc(-c2ccc(OCOCO/[S-](=O)=N/S(=O)(=O)COC(=O)c3ccc(-c4ccc(OCCCCCCCCCC)cc4)cc3)cc2)cc1. The molecule has 0 aliphatic carbocycles. The Balaban J connectivity index is 1.07. The number of ether oxygens (including phenoxy) is 5. The fraction of sp³-hybridized carbons (Fsp3) is 0.479. The van der Waals surface area contributed by atoms with E-state index in [1.54, 1.807) is 24.3 Å². The average molecular weight is 879 g/mol. The standard InChI is InChI=1S/C48H64NO10S2/c1-3-5-7-9-11-13-15-17-35-55-45-29-23-41(24-30-45)40-19-21-44(22-20-40)48(50)58-39-61(52,53)49-60(51)59-38-54-37-57-47-33-27-43(28-34-47)42-25-31-46(32-26-42)56-36-18-16-14-12-10-8-6-4-2/h19-34H,3-18,35-39H2,1-2H3/q-1. The van der Waals surface area contributed by atoms with Crippen LogP contribution in [0.3, 0.4) is 0 Å². The third-order valence-electron chi connectivity index (χ3n) is 9.94. The van der Waals surface area contributed by atoms with E-state index in [1.807, 2.05) is 60.7 Å². The number of hydrogen-bond donors (Lipinski definition) is 0. The van der Waals surface area contributed by atoms with Crippen LogP contribution < -0.4 is 14.2 Å². The molecule has 0 spiro atoms. The summed E-state index contributed by atoms with van der Waals surface area (Å²) in [6, 6.07) is 29.7. The Morgan fingerprint density at radius 3 is 1.31 bits per heavy atom. The molecule has 4 aromatic carbocycles. The van der Waals surface area contributed by atoms with Gasteiger partial charge in [0.2, 0.25) is 5.94 Å². The highest BCUT2D eigenvalue weighted by Crippen LogP contribution is 2.26. The monoisotopic (exact) mass is 878 g/mol. The minimum absolute atomic E-state index is 0.147. The maximum atomic E-state index is 12.6. The largest absolute Gasteiger partial charge is 0.494 e. The smallest absolute Gasteiger partial charge is 0.339 e. The maximum Gasteiger partial charge on any atom is 0.339 e. The summed E-state index contributed by atoms with van der Waals surface area (Å²) >= 11 is 0. The zero-order chi connectivity index (χ0) is 43.4. The highest BCUT2D eigenvalue weighted by molar-refractivity contribution is 7.95. The summed E-state index contributed by atoms with van der Waals surface area (Å²) < 4.78 is 72.1. The Labute approximate surface area is 365 Å². The van der Waals surface area contributed by atoms with Crippen LogP contribution in [0.1, 0.15) is 127 Å². The predicted molar refractivity (Wildman–Crippen MR) is 242 cm³/mol. The molecule has 0 saturated carbocycles. The summed E-state index contributed by atoms with van der Waals surface area (Å²) in [5, 5.41) is 0. The molecule has 0 saturated heterocycles. The van der Waals surface area contributed by atoms with Crippen LogP contribution >= 0.6 is 0 Å². The van der Waals surface area contributed by atoms with Crippen molar-refractivity contribution in [2.75, 3.05) is 32.7 Å². The molecule has 0 N–H and O–H groups in total. The molecule has 0 aliphatic heterocycles. The van der Waals surface area contributed by atoms with Crippen LogP contribution in [0.5, 0.6) is 17.2 Å². The molecule has 0 amide bonds. The topological polar surface area (TPSA) is 136 Å². The first kappa shape index (κ1) is 49.2. The molecule has 0 fully saturated rings. The van der Waals surface area contributed by atoms with Gasteiger partial charge >= 0.3 is 5.97 Å². The van der Waals surface area contributed by atoms with Crippen LogP contribution in [0, 0.1) is 0 Å². The number of hydrogen-bond acceptors (Lipinski definition) is 11. The van der Waals surface area contributed by atoms with Crippen molar-refractivity contribution in [1.82, 2.24) is 0 Å². The molecule has 0 radical (unpaired) electrons. The van der Waals surface area contributed by atoms with Gasteiger partial charge in [-0.2, -0.15) is 0 Å². The summed E-state index contributed by atoms with van der Waals surface area (Å²) in [6.07, 6.45) is 20.1. The van der Waals surface area contributed by atoms with Gasteiger partial charge in [0.1, 0.15) is 24.0 Å². The van der Waals surface area contributed by atoms with Crippen LogP contribution in [-0.2, 0) is 38.8 Å². The third-order valence-corrected chi connectivity index (χ3v) is 12.0. The molecular formula is C48H64NO10S2-. The summed E-state index contributed by atoms with van der Waals surface area (Å²) in [6.45, 7) is 5.07. The van der Waals surface area contributed by atoms with E-state index in [4.69, 9.17) is 27.9 Å². The van der Waals surface area contributed by atoms with E-state index in [0.29, 0.717) is 12.4 Å². The van der Waals surface area contributed by atoms with E-state index < -0.39 is 39.6 Å². The van der Waals surface area contributed by atoms with E-state index in [-0.39, 0.29) is 12.4 Å². The molecule has 4 aromatic rings. The van der Waals surface area contributed by atoms with Gasteiger partial charge in [-0.05, 0) is 94.5 Å². The third kappa shape index (κ3) is 20.3. The lowest BCUT2D eigenvalue weighted by Crippen LogP contribution is -2.13. The van der Waals surface area contributed by atoms with E-state index in [2.05, 4.69) is 17.6 Å². The van der Waals surface area contributed by atoms with Crippen molar-refractivity contribution in [3.8, 4) is 39.5 Å². The van der Waals surface area contributed by atoms with E-state index in [9.17, 15) is 17.4 Å². The lowest BCUT2D eigenvalue weighted by molar-refractivity contribution is -0.0484. The Bertz CT molecular complexity index is 2000. The van der Waals surface area contributed by atoms with Crippen molar-refractivity contribution in [2.24, 2.45) is 3.77 Å². The van der Waals surface area contributed by atoms with Crippen molar-refractivity contribution in [3.63, 3.8) is 0 Å². The molecule has 0 aromatic heterocycles. The molecule has 0 heterocycles. The van der Waals surface area contributed by atoms with Gasteiger partial charge in [-0.3, -0.25) is 3.77 Å². The number of carbonyl (C=O) groups excluding carboxylic acids is 1. The average Bonchev–Trinajstić information content (AvgIpc) is 3.27. The Hall–Kier alpha value is -4.43. The van der Waals surface area contributed by atoms with Crippen LogP contribution in [0.15, 0.2) is 101 Å². The normalized spacial score (nSPS) is 12.0. The molecule has 13 heteroatoms. The van der Waals surface area contributed by atoms with Gasteiger partial charge in [-0.1, -0.05) is 152 Å². The summed E-state index contributed by atoms with van der Waals surface area (Å²) in [4.78, 5) is 12.6. The second-order valence-corrected chi connectivity index (χ2v) is 17.6. The molecule has 0 aliphatic rings. The lowest BCUT2D eigenvalue weighted by Gasteiger charge is -2.11. The molecule has 334 valence electrons. The molecular weight excluding hydrogens is 815 g/mol. The number of benzene rings is 4. The van der Waals surface area contributed by atoms with Gasteiger partial charge in [0.25, 0.3) is 10.0 Å². The number of carbonyl (C=O) groups is 1. The number of unbranched alkanes of at least 4 members (excludes halogenated alkanes) is 14. The van der Waals surface area contributed by atoms with Crippen LogP contribution in [0.4, 0.5) is 0 Å². The number of sulfonamides is 1. The zero-order valence-electron chi connectivity index (χ0n) is 35.9. The van der Waals surface area contributed by atoms with Gasteiger partial charge in [0.15, 0.2) is 6.79 Å². The molecule has 0 unspecified atom stereocenters. The Morgan fingerprint density at radius 1 is 0.508 bits per heavy atom. The second-order valence-electron chi connectivity index (χ2n) is 14.9. The first-order chi connectivity index (χ1) is 29.8. The van der Waals surface area contributed by atoms with E-state index in [1.165, 1.54) is 102 Å². The van der Waals surface area contributed by atoms with Crippen molar-refractivity contribution in [3.05, 3.63) is 103 Å². The van der Waals surface area contributed by atoms with Crippen LogP contribution in [-0.4, -0.2) is 47.1 Å². The molecule has 0 bridgehead atoms. The van der Waals surface area contributed by atoms with Crippen LogP contribution in [0.2, 0.25) is 0 Å². The molecule has 11 nitrogen and oxygen atoms in total. The summed E-state index contributed by atoms with van der Waals surface area (Å²) in [7, 11) is -7.04. The van der Waals surface area contributed by atoms with Gasteiger partial charge in [-0.15, -0.1) is 0 Å². The fourth-order valence-electron chi connectivity index (χ4n) is 6.45. The van der Waals surface area contributed by atoms with E-state index in [0.717, 1.165) is 53.2 Å². The van der Waals surface area contributed by atoms with Crippen LogP contribution in [0.25, 0.3) is 22.3 Å². The molecule has 61 heavy (non-hydrogen) atoms. The van der Waals surface area contributed by atoms with Gasteiger partial charge < -0.3 is 32.1 Å². The number of esters is 1. The lowest BCUT2D eigenvalue weighted by atomic mass is 10.0. The zero-order valence-corrected chi connectivity index (χ0v) is 37.6. The highest BCUT2D eigenvalue weighted by Gasteiger charge is 2.13.